The SMILES string of the molecule is NC(=O)CN(C1CCCC1)C1CCC(N)CC1. The fourth-order valence-corrected chi connectivity index (χ4v) is 3.41. The summed E-state index contributed by atoms with van der Waals surface area (Å²) in [5.41, 5.74) is 11.3. The predicted octanol–water partition coefficient (Wildman–Crippen LogP) is 0.986. The van der Waals surface area contributed by atoms with Gasteiger partial charge in [0, 0.05) is 18.1 Å². The van der Waals surface area contributed by atoms with Crippen molar-refractivity contribution in [1.82, 2.24) is 4.90 Å². The smallest absolute Gasteiger partial charge is 0.231 e. The Kier molecular flexibility index (Phi) is 4.40. The van der Waals surface area contributed by atoms with Crippen LogP contribution in [0.15, 0.2) is 0 Å². The van der Waals surface area contributed by atoms with E-state index in [-0.39, 0.29) is 5.91 Å². The van der Waals surface area contributed by atoms with E-state index in [0.29, 0.717) is 24.7 Å². The number of primary amides is 1. The molecule has 2 aliphatic carbocycles. The van der Waals surface area contributed by atoms with Crippen molar-refractivity contribution in [2.24, 2.45) is 11.5 Å². The Morgan fingerprint density at radius 1 is 1.00 bits per heavy atom. The zero-order valence-corrected chi connectivity index (χ0v) is 10.6. The van der Waals surface area contributed by atoms with Crippen LogP contribution in [-0.2, 0) is 4.79 Å². The lowest BCUT2D eigenvalue weighted by Gasteiger charge is -2.39. The van der Waals surface area contributed by atoms with Gasteiger partial charge >= 0.3 is 0 Å². The molecule has 0 aliphatic heterocycles. The van der Waals surface area contributed by atoms with Crippen LogP contribution < -0.4 is 11.5 Å². The number of rotatable bonds is 4. The maximum atomic E-state index is 11.2. The van der Waals surface area contributed by atoms with Crippen molar-refractivity contribution in [3.8, 4) is 0 Å². The first kappa shape index (κ1) is 12.8. The molecule has 2 rings (SSSR count). The minimum atomic E-state index is -0.188. The molecular weight excluding hydrogens is 214 g/mol. The van der Waals surface area contributed by atoms with Crippen molar-refractivity contribution in [3.05, 3.63) is 0 Å². The molecule has 0 aromatic heterocycles. The third kappa shape index (κ3) is 3.42. The molecule has 0 bridgehead atoms. The van der Waals surface area contributed by atoms with Gasteiger partial charge in [-0.05, 0) is 38.5 Å². The molecule has 4 heteroatoms. The van der Waals surface area contributed by atoms with Gasteiger partial charge in [0.1, 0.15) is 0 Å². The van der Waals surface area contributed by atoms with E-state index in [1.807, 2.05) is 0 Å². The van der Waals surface area contributed by atoms with Crippen molar-refractivity contribution < 1.29 is 4.79 Å². The highest BCUT2D eigenvalue weighted by Crippen LogP contribution is 2.30. The molecule has 0 aromatic carbocycles. The molecule has 0 radical (unpaired) electrons. The van der Waals surface area contributed by atoms with Crippen LogP contribution in [-0.4, -0.2) is 35.5 Å². The third-order valence-electron chi connectivity index (χ3n) is 4.34. The number of amides is 1. The zero-order valence-electron chi connectivity index (χ0n) is 10.6. The predicted molar refractivity (Wildman–Crippen MR) is 68.4 cm³/mol. The van der Waals surface area contributed by atoms with Crippen LogP contribution in [0, 0.1) is 0 Å². The van der Waals surface area contributed by atoms with Gasteiger partial charge in [-0.25, -0.2) is 0 Å². The minimum absolute atomic E-state index is 0.188. The van der Waals surface area contributed by atoms with Gasteiger partial charge in [0.05, 0.1) is 6.54 Å². The van der Waals surface area contributed by atoms with E-state index < -0.39 is 0 Å². The fourth-order valence-electron chi connectivity index (χ4n) is 3.41. The number of nitrogens with zero attached hydrogens (tertiary/aromatic N) is 1. The van der Waals surface area contributed by atoms with Gasteiger partial charge in [-0.2, -0.15) is 0 Å². The Labute approximate surface area is 104 Å². The van der Waals surface area contributed by atoms with Gasteiger partial charge in [0.15, 0.2) is 0 Å². The van der Waals surface area contributed by atoms with E-state index in [4.69, 9.17) is 11.5 Å². The third-order valence-corrected chi connectivity index (χ3v) is 4.34. The highest BCUT2D eigenvalue weighted by atomic mass is 16.1. The number of carbonyl (C=O) groups excluding carboxylic acids is 1. The summed E-state index contributed by atoms with van der Waals surface area (Å²) in [5.74, 6) is -0.188. The van der Waals surface area contributed by atoms with Crippen LogP contribution in [0.3, 0.4) is 0 Å². The number of hydrogen-bond donors (Lipinski definition) is 2. The molecule has 2 fully saturated rings. The van der Waals surface area contributed by atoms with E-state index in [1.165, 1.54) is 25.7 Å². The van der Waals surface area contributed by atoms with Crippen molar-refractivity contribution >= 4 is 5.91 Å². The number of carbonyl (C=O) groups is 1. The molecule has 0 spiro atoms. The average molecular weight is 239 g/mol. The van der Waals surface area contributed by atoms with Gasteiger partial charge in [-0.3, -0.25) is 9.69 Å². The Morgan fingerprint density at radius 2 is 1.53 bits per heavy atom. The topological polar surface area (TPSA) is 72.4 Å². The summed E-state index contributed by atoms with van der Waals surface area (Å²) in [6.07, 6.45) is 9.50. The van der Waals surface area contributed by atoms with Crippen molar-refractivity contribution in [2.75, 3.05) is 6.54 Å². The summed E-state index contributed by atoms with van der Waals surface area (Å²) in [6, 6.07) is 1.48. The highest BCUT2D eigenvalue weighted by Gasteiger charge is 2.31. The molecule has 2 saturated carbocycles. The molecule has 2 aliphatic rings. The second-order valence-corrected chi connectivity index (χ2v) is 5.65. The van der Waals surface area contributed by atoms with Crippen LogP contribution in [0.25, 0.3) is 0 Å². The standard InChI is InChI=1S/C13H25N3O/c14-10-5-7-12(8-6-10)16(9-13(15)17)11-3-1-2-4-11/h10-12H,1-9,14H2,(H2,15,17). The largest absolute Gasteiger partial charge is 0.369 e. The maximum absolute atomic E-state index is 11.2. The van der Waals surface area contributed by atoms with Crippen LogP contribution in [0.4, 0.5) is 0 Å². The van der Waals surface area contributed by atoms with E-state index >= 15 is 0 Å². The summed E-state index contributed by atoms with van der Waals surface area (Å²) in [6.45, 7) is 0.435. The van der Waals surface area contributed by atoms with E-state index in [9.17, 15) is 4.79 Å². The Hall–Kier alpha value is -0.610. The second-order valence-electron chi connectivity index (χ2n) is 5.65. The second kappa shape index (κ2) is 5.83. The molecule has 0 saturated heterocycles. The normalized spacial score (nSPS) is 30.9. The Balaban J connectivity index is 1.96. The summed E-state index contributed by atoms with van der Waals surface area (Å²) in [4.78, 5) is 13.6. The van der Waals surface area contributed by atoms with Gasteiger partial charge in [0.2, 0.25) is 5.91 Å². The molecule has 4 nitrogen and oxygen atoms in total. The summed E-state index contributed by atoms with van der Waals surface area (Å²) in [7, 11) is 0. The molecule has 98 valence electrons. The van der Waals surface area contributed by atoms with Crippen LogP contribution in [0.2, 0.25) is 0 Å². The van der Waals surface area contributed by atoms with Crippen LogP contribution in [0.1, 0.15) is 51.4 Å². The lowest BCUT2D eigenvalue weighted by molar-refractivity contribution is -0.120. The van der Waals surface area contributed by atoms with E-state index in [0.717, 1.165) is 25.7 Å². The summed E-state index contributed by atoms with van der Waals surface area (Å²) in [5, 5.41) is 0. The van der Waals surface area contributed by atoms with Gasteiger partial charge in [-0.15, -0.1) is 0 Å². The highest BCUT2D eigenvalue weighted by molar-refractivity contribution is 5.76. The molecule has 0 atom stereocenters. The van der Waals surface area contributed by atoms with Gasteiger partial charge < -0.3 is 11.5 Å². The van der Waals surface area contributed by atoms with Crippen LogP contribution in [0.5, 0.6) is 0 Å². The lowest BCUT2D eigenvalue weighted by atomic mass is 9.89. The van der Waals surface area contributed by atoms with Crippen LogP contribution >= 0.6 is 0 Å². The van der Waals surface area contributed by atoms with E-state index in [2.05, 4.69) is 4.90 Å². The summed E-state index contributed by atoms with van der Waals surface area (Å²) < 4.78 is 0. The maximum Gasteiger partial charge on any atom is 0.231 e. The molecule has 0 heterocycles. The molecule has 1 amide bonds. The van der Waals surface area contributed by atoms with Crippen molar-refractivity contribution in [1.29, 1.82) is 0 Å². The Bertz CT molecular complexity index is 255. The first-order valence-corrected chi connectivity index (χ1v) is 6.96. The number of nitrogens with two attached hydrogens (primary N) is 2. The quantitative estimate of drug-likeness (QED) is 0.768. The molecule has 17 heavy (non-hydrogen) atoms. The first-order valence-electron chi connectivity index (χ1n) is 6.96. The average Bonchev–Trinajstić information content (AvgIpc) is 2.80. The molecule has 0 aromatic rings. The zero-order chi connectivity index (χ0) is 12.3. The fraction of sp³-hybridized carbons (Fsp3) is 0.923. The molecular formula is C13H25N3O. The Morgan fingerprint density at radius 3 is 2.06 bits per heavy atom. The molecule has 0 unspecified atom stereocenters. The first-order chi connectivity index (χ1) is 8.16. The van der Waals surface area contributed by atoms with Gasteiger partial charge in [-0.1, -0.05) is 12.8 Å². The lowest BCUT2D eigenvalue weighted by Crippen LogP contribution is -2.49. The van der Waals surface area contributed by atoms with Crippen molar-refractivity contribution in [2.45, 2.75) is 69.5 Å². The van der Waals surface area contributed by atoms with Crippen molar-refractivity contribution in [3.63, 3.8) is 0 Å². The van der Waals surface area contributed by atoms with E-state index in [1.54, 1.807) is 0 Å². The minimum Gasteiger partial charge on any atom is -0.369 e. The summed E-state index contributed by atoms with van der Waals surface area (Å²) >= 11 is 0. The molecule has 4 N–H and O–H groups in total. The monoisotopic (exact) mass is 239 g/mol. The number of hydrogen-bond acceptors (Lipinski definition) is 3. The van der Waals surface area contributed by atoms with Gasteiger partial charge in [0.25, 0.3) is 0 Å².